The maximum atomic E-state index is 13.9. The minimum Gasteiger partial charge on any atom is -0.494 e. The van der Waals surface area contributed by atoms with Crippen LogP contribution in [-0.4, -0.2) is 26.5 Å². The van der Waals surface area contributed by atoms with Gasteiger partial charge in [0.25, 0.3) is 0 Å². The average molecular weight is 265 g/mol. The van der Waals surface area contributed by atoms with Gasteiger partial charge in [0.15, 0.2) is 11.6 Å². The summed E-state index contributed by atoms with van der Waals surface area (Å²) in [4.78, 5) is 11.4. The Hall–Kier alpha value is -1.42. The van der Waals surface area contributed by atoms with Crippen LogP contribution in [0.25, 0.3) is 0 Å². The first-order valence-electron chi connectivity index (χ1n) is 6.61. The molecule has 0 bridgehead atoms. The number of carbonyl (C=O) groups excluding carboxylic acids is 1. The van der Waals surface area contributed by atoms with Gasteiger partial charge in [-0.1, -0.05) is 6.07 Å². The lowest BCUT2D eigenvalue weighted by Gasteiger charge is -2.37. The Morgan fingerprint density at radius 3 is 2.58 bits per heavy atom. The summed E-state index contributed by atoms with van der Waals surface area (Å²) in [6.45, 7) is 0.756. The van der Waals surface area contributed by atoms with Gasteiger partial charge in [0.05, 0.1) is 7.11 Å². The summed E-state index contributed by atoms with van der Waals surface area (Å²) in [6.07, 6.45) is 2.71. The molecule has 3 nitrogen and oxygen atoms in total. The summed E-state index contributed by atoms with van der Waals surface area (Å²) in [6, 6.07) is 5.12. The number of rotatable bonds is 4. The van der Waals surface area contributed by atoms with E-state index in [1.54, 1.807) is 12.1 Å². The van der Waals surface area contributed by atoms with Crippen molar-refractivity contribution in [2.75, 3.05) is 20.7 Å². The van der Waals surface area contributed by atoms with Crippen LogP contribution in [-0.2, 0) is 10.2 Å². The second-order valence-electron chi connectivity index (χ2n) is 5.20. The van der Waals surface area contributed by atoms with Gasteiger partial charge in [-0.25, -0.2) is 4.39 Å². The van der Waals surface area contributed by atoms with Crippen LogP contribution in [0.15, 0.2) is 18.2 Å². The Morgan fingerprint density at radius 2 is 2.05 bits per heavy atom. The molecule has 2 rings (SSSR count). The van der Waals surface area contributed by atoms with E-state index in [9.17, 15) is 9.18 Å². The molecule has 1 N–H and O–H groups in total. The molecule has 1 aliphatic carbocycles. The molecule has 4 heteroatoms. The molecule has 1 aliphatic rings. The van der Waals surface area contributed by atoms with Gasteiger partial charge in [0.2, 0.25) is 0 Å². The van der Waals surface area contributed by atoms with Crippen molar-refractivity contribution in [1.82, 2.24) is 5.32 Å². The molecule has 1 aromatic carbocycles. The second kappa shape index (κ2) is 5.70. The minimum absolute atomic E-state index is 0.143. The van der Waals surface area contributed by atoms with E-state index in [2.05, 4.69) is 5.32 Å². The number of ketones is 1. The normalized spacial score (nSPS) is 18.4. The van der Waals surface area contributed by atoms with E-state index in [-0.39, 0.29) is 17.0 Å². The number of hydrogen-bond acceptors (Lipinski definition) is 3. The molecule has 0 aromatic heterocycles. The molecule has 0 aliphatic heterocycles. The van der Waals surface area contributed by atoms with Gasteiger partial charge >= 0.3 is 0 Å². The number of methoxy groups -OCH3 is 1. The predicted molar refractivity (Wildman–Crippen MR) is 72.0 cm³/mol. The standard InChI is InChI=1S/C15H20FNO2/c1-17-10-15(7-5-12(18)6-8-15)11-3-4-14(19-2)13(16)9-11/h3-4,9,17H,5-8,10H2,1-2H3. The van der Waals surface area contributed by atoms with Crippen molar-refractivity contribution in [2.45, 2.75) is 31.1 Å². The Bertz CT molecular complexity index is 463. The number of carbonyl (C=O) groups is 1. The summed E-state index contributed by atoms with van der Waals surface area (Å²) in [5, 5.41) is 3.17. The third-order valence-electron chi connectivity index (χ3n) is 4.04. The van der Waals surface area contributed by atoms with Crippen molar-refractivity contribution in [1.29, 1.82) is 0 Å². The van der Waals surface area contributed by atoms with Gasteiger partial charge in [0, 0.05) is 24.8 Å². The van der Waals surface area contributed by atoms with Crippen molar-refractivity contribution >= 4 is 5.78 Å². The van der Waals surface area contributed by atoms with Crippen LogP contribution in [0.1, 0.15) is 31.2 Å². The number of ether oxygens (including phenoxy) is 1. The Balaban J connectivity index is 2.33. The summed E-state index contributed by atoms with van der Waals surface area (Å²) >= 11 is 0. The van der Waals surface area contributed by atoms with E-state index in [1.807, 2.05) is 13.1 Å². The lowest BCUT2D eigenvalue weighted by Crippen LogP contribution is -2.40. The van der Waals surface area contributed by atoms with Crippen LogP contribution in [0.5, 0.6) is 5.75 Å². The first-order chi connectivity index (χ1) is 9.11. The number of nitrogens with one attached hydrogen (secondary N) is 1. The first kappa shape index (κ1) is 14.0. The molecule has 0 heterocycles. The van der Waals surface area contributed by atoms with E-state index < -0.39 is 0 Å². The van der Waals surface area contributed by atoms with Crippen LogP contribution in [0.4, 0.5) is 4.39 Å². The maximum Gasteiger partial charge on any atom is 0.165 e. The van der Waals surface area contributed by atoms with Gasteiger partial charge in [-0.2, -0.15) is 0 Å². The third-order valence-corrected chi connectivity index (χ3v) is 4.04. The SMILES string of the molecule is CNCC1(c2ccc(OC)c(F)c2)CCC(=O)CC1. The first-order valence-corrected chi connectivity index (χ1v) is 6.61. The number of likely N-dealkylation sites (N-methyl/N-ethyl adjacent to an activating group) is 1. The molecule has 0 spiro atoms. The largest absolute Gasteiger partial charge is 0.494 e. The lowest BCUT2D eigenvalue weighted by molar-refractivity contribution is -0.121. The fraction of sp³-hybridized carbons (Fsp3) is 0.533. The number of hydrogen-bond donors (Lipinski definition) is 1. The number of halogens is 1. The summed E-state index contributed by atoms with van der Waals surface area (Å²) in [7, 11) is 3.35. The molecule has 1 saturated carbocycles. The monoisotopic (exact) mass is 265 g/mol. The van der Waals surface area contributed by atoms with Crippen LogP contribution >= 0.6 is 0 Å². The highest BCUT2D eigenvalue weighted by atomic mass is 19.1. The van der Waals surface area contributed by atoms with Gasteiger partial charge < -0.3 is 10.1 Å². The molecule has 104 valence electrons. The summed E-state index contributed by atoms with van der Waals surface area (Å²) in [5.74, 6) is 0.225. The Labute approximate surface area is 113 Å². The zero-order valence-electron chi connectivity index (χ0n) is 11.5. The highest BCUT2D eigenvalue weighted by Gasteiger charge is 2.36. The van der Waals surface area contributed by atoms with E-state index in [0.29, 0.717) is 18.6 Å². The van der Waals surface area contributed by atoms with Crippen LogP contribution in [0, 0.1) is 5.82 Å². The minimum atomic E-state index is -0.340. The summed E-state index contributed by atoms with van der Waals surface area (Å²) < 4.78 is 18.8. The molecule has 0 saturated heterocycles. The predicted octanol–water partition coefficient (Wildman–Crippen LogP) is 2.43. The van der Waals surface area contributed by atoms with E-state index >= 15 is 0 Å². The van der Waals surface area contributed by atoms with E-state index in [0.717, 1.165) is 24.9 Å². The van der Waals surface area contributed by atoms with Gasteiger partial charge in [-0.15, -0.1) is 0 Å². The molecule has 19 heavy (non-hydrogen) atoms. The van der Waals surface area contributed by atoms with Crippen molar-refractivity contribution in [2.24, 2.45) is 0 Å². The molecule has 0 radical (unpaired) electrons. The Kier molecular flexibility index (Phi) is 4.20. The second-order valence-corrected chi connectivity index (χ2v) is 5.20. The fourth-order valence-corrected chi connectivity index (χ4v) is 2.91. The zero-order valence-corrected chi connectivity index (χ0v) is 11.5. The highest BCUT2D eigenvalue weighted by Crippen LogP contribution is 2.39. The molecular weight excluding hydrogens is 245 g/mol. The summed E-state index contributed by atoms with van der Waals surface area (Å²) in [5.41, 5.74) is 0.808. The molecule has 1 fully saturated rings. The fourth-order valence-electron chi connectivity index (χ4n) is 2.91. The number of Topliss-reactive ketones (excluding diaryl/α,β-unsaturated/α-hetero) is 1. The van der Waals surface area contributed by atoms with Gasteiger partial charge in [0.1, 0.15) is 5.78 Å². The van der Waals surface area contributed by atoms with Crippen molar-refractivity contribution in [3.8, 4) is 5.75 Å². The third kappa shape index (κ3) is 2.78. The van der Waals surface area contributed by atoms with Crippen molar-refractivity contribution in [3.63, 3.8) is 0 Å². The smallest absolute Gasteiger partial charge is 0.165 e. The average Bonchev–Trinajstić information content (AvgIpc) is 2.42. The van der Waals surface area contributed by atoms with Gasteiger partial charge in [-0.05, 0) is 37.6 Å². The quantitative estimate of drug-likeness (QED) is 0.908. The lowest BCUT2D eigenvalue weighted by atomic mass is 9.69. The van der Waals surface area contributed by atoms with Crippen molar-refractivity contribution < 1.29 is 13.9 Å². The molecule has 0 amide bonds. The van der Waals surface area contributed by atoms with Gasteiger partial charge in [-0.3, -0.25) is 4.79 Å². The molecule has 0 unspecified atom stereocenters. The highest BCUT2D eigenvalue weighted by molar-refractivity contribution is 5.79. The topological polar surface area (TPSA) is 38.3 Å². The Morgan fingerprint density at radius 1 is 1.37 bits per heavy atom. The van der Waals surface area contributed by atoms with Crippen molar-refractivity contribution in [3.05, 3.63) is 29.6 Å². The van der Waals surface area contributed by atoms with Crippen LogP contribution in [0.3, 0.4) is 0 Å². The molecule has 1 aromatic rings. The molecule has 0 atom stereocenters. The number of benzene rings is 1. The maximum absolute atomic E-state index is 13.9. The van der Waals surface area contributed by atoms with Crippen LogP contribution < -0.4 is 10.1 Å². The van der Waals surface area contributed by atoms with E-state index in [4.69, 9.17) is 4.74 Å². The zero-order chi connectivity index (χ0) is 13.9. The molecular formula is C15H20FNO2. The van der Waals surface area contributed by atoms with Crippen LogP contribution in [0.2, 0.25) is 0 Å². The van der Waals surface area contributed by atoms with E-state index in [1.165, 1.54) is 7.11 Å².